The molecule has 3 rings (SSSR count). The van der Waals surface area contributed by atoms with Crippen molar-refractivity contribution in [3.05, 3.63) is 84.2 Å². The largest absolute Gasteiger partial charge is 0.343 e. The van der Waals surface area contributed by atoms with Gasteiger partial charge in [-0.05, 0) is 23.8 Å². The Kier molecular flexibility index (Phi) is 5.33. The minimum absolute atomic E-state index is 0.333. The minimum Gasteiger partial charge on any atom is -0.343 e. The third kappa shape index (κ3) is 4.57. The highest BCUT2D eigenvalue weighted by atomic mass is 32.2. The van der Waals surface area contributed by atoms with Crippen molar-refractivity contribution in [3.63, 3.8) is 0 Å². The van der Waals surface area contributed by atoms with Crippen molar-refractivity contribution >= 4 is 15.9 Å². The molecule has 0 radical (unpaired) electrons. The number of primary sulfonamides is 1. The summed E-state index contributed by atoms with van der Waals surface area (Å²) in [6, 6.07) is 11.5. The molecule has 0 aliphatic heterocycles. The van der Waals surface area contributed by atoms with Crippen molar-refractivity contribution < 1.29 is 17.6 Å². The molecule has 1 unspecified atom stereocenters. The Bertz CT molecular complexity index is 1040. The van der Waals surface area contributed by atoms with Gasteiger partial charge in [0.2, 0.25) is 10.0 Å². The van der Waals surface area contributed by atoms with Crippen LogP contribution in [0.15, 0.2) is 72.1 Å². The van der Waals surface area contributed by atoms with Gasteiger partial charge in [-0.3, -0.25) is 4.79 Å². The summed E-state index contributed by atoms with van der Waals surface area (Å²) in [5.41, 5.74) is 0.413. The standard InChI is InChI=1S/C18H17FN4O3S/c19-16-7-6-14(27(20,25)26)10-15(16)18(24)22-17(11-23-9-8-21-12-23)13-4-2-1-3-5-13/h1-10,12,17H,11H2,(H,22,24)(H2,20,25,26). The van der Waals surface area contributed by atoms with Crippen LogP contribution < -0.4 is 10.5 Å². The third-order valence-electron chi connectivity index (χ3n) is 3.97. The first-order chi connectivity index (χ1) is 12.8. The molecule has 1 amide bonds. The minimum atomic E-state index is -4.06. The van der Waals surface area contributed by atoms with Gasteiger partial charge in [-0.1, -0.05) is 30.3 Å². The number of amides is 1. The van der Waals surface area contributed by atoms with Crippen LogP contribution in [0, 0.1) is 5.82 Å². The molecule has 7 nitrogen and oxygen atoms in total. The molecule has 3 N–H and O–H groups in total. The van der Waals surface area contributed by atoms with Gasteiger partial charge in [-0.25, -0.2) is 22.9 Å². The highest BCUT2D eigenvalue weighted by Crippen LogP contribution is 2.18. The highest BCUT2D eigenvalue weighted by Gasteiger charge is 2.21. The Morgan fingerprint density at radius 1 is 1.22 bits per heavy atom. The molecule has 0 bridgehead atoms. The maximum atomic E-state index is 14.1. The predicted molar refractivity (Wildman–Crippen MR) is 96.6 cm³/mol. The molecule has 3 aromatic rings. The quantitative estimate of drug-likeness (QED) is 0.672. The monoisotopic (exact) mass is 388 g/mol. The lowest BCUT2D eigenvalue weighted by Crippen LogP contribution is -2.32. The Balaban J connectivity index is 1.91. The molecule has 0 aliphatic rings. The maximum Gasteiger partial charge on any atom is 0.254 e. The zero-order chi connectivity index (χ0) is 19.4. The van der Waals surface area contributed by atoms with Gasteiger partial charge in [0.25, 0.3) is 5.91 Å². The first-order valence-corrected chi connectivity index (χ1v) is 9.53. The van der Waals surface area contributed by atoms with Crippen molar-refractivity contribution in [2.45, 2.75) is 17.5 Å². The lowest BCUT2D eigenvalue weighted by atomic mass is 10.1. The van der Waals surface area contributed by atoms with Gasteiger partial charge in [0.15, 0.2) is 0 Å². The fourth-order valence-corrected chi connectivity index (χ4v) is 3.16. The molecule has 1 atom stereocenters. The molecule has 0 fully saturated rings. The smallest absolute Gasteiger partial charge is 0.254 e. The number of benzene rings is 2. The van der Waals surface area contributed by atoms with E-state index < -0.39 is 33.4 Å². The molecule has 27 heavy (non-hydrogen) atoms. The van der Waals surface area contributed by atoms with E-state index in [-0.39, 0.29) is 4.90 Å². The second kappa shape index (κ2) is 7.68. The van der Waals surface area contributed by atoms with Gasteiger partial charge in [0.05, 0.1) is 22.8 Å². The van der Waals surface area contributed by atoms with Crippen molar-refractivity contribution in [1.82, 2.24) is 14.9 Å². The van der Waals surface area contributed by atoms with Gasteiger partial charge < -0.3 is 9.88 Å². The Labute approximate surface area is 155 Å². The number of nitrogens with one attached hydrogen (secondary N) is 1. The summed E-state index contributed by atoms with van der Waals surface area (Å²) >= 11 is 0. The SMILES string of the molecule is NS(=O)(=O)c1ccc(F)c(C(=O)NC(Cn2ccnc2)c2ccccc2)c1. The summed E-state index contributed by atoms with van der Waals surface area (Å²) in [6.45, 7) is 0.367. The van der Waals surface area contributed by atoms with Gasteiger partial charge in [-0.2, -0.15) is 0 Å². The second-order valence-electron chi connectivity index (χ2n) is 5.88. The number of carbonyl (C=O) groups is 1. The fourth-order valence-electron chi connectivity index (χ4n) is 2.62. The molecule has 0 aliphatic carbocycles. The molecule has 0 saturated carbocycles. The number of hydrogen-bond donors (Lipinski definition) is 2. The first kappa shape index (κ1) is 18.7. The number of nitrogens with two attached hydrogens (primary N) is 1. The van der Waals surface area contributed by atoms with Gasteiger partial charge >= 0.3 is 0 Å². The molecule has 0 saturated heterocycles. The number of sulfonamides is 1. The Hall–Kier alpha value is -3.04. The van der Waals surface area contributed by atoms with Crippen molar-refractivity contribution in [2.75, 3.05) is 0 Å². The van der Waals surface area contributed by atoms with Crippen LogP contribution in [0.1, 0.15) is 22.0 Å². The second-order valence-corrected chi connectivity index (χ2v) is 7.44. The summed E-state index contributed by atoms with van der Waals surface area (Å²) in [7, 11) is -4.06. The van der Waals surface area contributed by atoms with Crippen LogP contribution in [0.2, 0.25) is 0 Å². The molecule has 1 aromatic heterocycles. The third-order valence-corrected chi connectivity index (χ3v) is 4.88. The summed E-state index contributed by atoms with van der Waals surface area (Å²) in [6.07, 6.45) is 4.95. The lowest BCUT2D eigenvalue weighted by molar-refractivity contribution is 0.0928. The average Bonchev–Trinajstić information content (AvgIpc) is 3.14. The summed E-state index contributed by atoms with van der Waals surface area (Å²) in [5.74, 6) is -1.58. The Morgan fingerprint density at radius 2 is 1.96 bits per heavy atom. The molecular weight excluding hydrogens is 371 g/mol. The Morgan fingerprint density at radius 3 is 2.59 bits per heavy atom. The van der Waals surface area contributed by atoms with Crippen LogP contribution in [0.4, 0.5) is 4.39 Å². The van der Waals surface area contributed by atoms with E-state index in [1.165, 1.54) is 0 Å². The van der Waals surface area contributed by atoms with E-state index in [0.717, 1.165) is 23.8 Å². The lowest BCUT2D eigenvalue weighted by Gasteiger charge is -2.20. The number of carbonyl (C=O) groups excluding carboxylic acids is 1. The van der Waals surface area contributed by atoms with E-state index in [1.807, 2.05) is 30.3 Å². The number of aromatic nitrogens is 2. The van der Waals surface area contributed by atoms with Crippen LogP contribution in [0.25, 0.3) is 0 Å². The molecule has 140 valence electrons. The van der Waals surface area contributed by atoms with Crippen LogP contribution in [-0.2, 0) is 16.6 Å². The van der Waals surface area contributed by atoms with E-state index in [0.29, 0.717) is 6.54 Å². The van der Waals surface area contributed by atoms with E-state index in [1.54, 1.807) is 23.3 Å². The topological polar surface area (TPSA) is 107 Å². The van der Waals surface area contributed by atoms with E-state index in [4.69, 9.17) is 5.14 Å². The molecule has 2 aromatic carbocycles. The van der Waals surface area contributed by atoms with E-state index in [2.05, 4.69) is 10.3 Å². The normalized spacial score (nSPS) is 12.5. The zero-order valence-corrected chi connectivity index (χ0v) is 14.9. The van der Waals surface area contributed by atoms with Crippen molar-refractivity contribution in [1.29, 1.82) is 0 Å². The number of nitrogens with zero attached hydrogens (tertiary/aromatic N) is 2. The number of rotatable bonds is 6. The van der Waals surface area contributed by atoms with Crippen LogP contribution in [0.5, 0.6) is 0 Å². The van der Waals surface area contributed by atoms with Crippen LogP contribution in [0.3, 0.4) is 0 Å². The van der Waals surface area contributed by atoms with Crippen LogP contribution in [-0.4, -0.2) is 23.9 Å². The number of hydrogen-bond acceptors (Lipinski definition) is 4. The predicted octanol–water partition coefficient (Wildman–Crippen LogP) is 1.84. The first-order valence-electron chi connectivity index (χ1n) is 7.98. The highest BCUT2D eigenvalue weighted by molar-refractivity contribution is 7.89. The maximum absolute atomic E-state index is 14.1. The molecule has 0 spiro atoms. The summed E-state index contributed by atoms with van der Waals surface area (Å²) in [4.78, 5) is 16.3. The van der Waals surface area contributed by atoms with Gasteiger partial charge in [0.1, 0.15) is 5.82 Å². The number of halogens is 1. The van der Waals surface area contributed by atoms with Gasteiger partial charge in [-0.15, -0.1) is 0 Å². The average molecular weight is 388 g/mol. The van der Waals surface area contributed by atoms with Crippen molar-refractivity contribution in [3.8, 4) is 0 Å². The summed E-state index contributed by atoms with van der Waals surface area (Å²) < 4.78 is 38.9. The van der Waals surface area contributed by atoms with E-state index >= 15 is 0 Å². The molecule has 9 heteroatoms. The molecular formula is C18H17FN4O3S. The van der Waals surface area contributed by atoms with Crippen LogP contribution >= 0.6 is 0 Å². The summed E-state index contributed by atoms with van der Waals surface area (Å²) in [5, 5.41) is 7.81. The zero-order valence-electron chi connectivity index (χ0n) is 14.1. The van der Waals surface area contributed by atoms with Crippen molar-refractivity contribution in [2.24, 2.45) is 5.14 Å². The van der Waals surface area contributed by atoms with E-state index in [9.17, 15) is 17.6 Å². The van der Waals surface area contributed by atoms with Gasteiger partial charge in [0, 0.05) is 18.9 Å². The number of imidazole rings is 1. The molecule has 1 heterocycles. The fraction of sp³-hybridized carbons (Fsp3) is 0.111.